The molecule has 7 heteroatoms. The molecule has 0 spiro atoms. The van der Waals surface area contributed by atoms with E-state index < -0.39 is 17.8 Å². The van der Waals surface area contributed by atoms with Crippen molar-refractivity contribution in [1.82, 2.24) is 10.2 Å². The Morgan fingerprint density at radius 3 is 2.43 bits per heavy atom. The van der Waals surface area contributed by atoms with Gasteiger partial charge in [-0.05, 0) is 56.2 Å². The maximum Gasteiger partial charge on any atom is 0.329 e. The number of amides is 4. The van der Waals surface area contributed by atoms with Crippen molar-refractivity contribution in [2.45, 2.75) is 33.3 Å². The summed E-state index contributed by atoms with van der Waals surface area (Å²) in [4.78, 5) is 37.9. The monoisotopic (exact) mass is 407 g/mol. The maximum absolute atomic E-state index is 12.6. The van der Waals surface area contributed by atoms with E-state index >= 15 is 0 Å². The lowest BCUT2D eigenvalue weighted by Crippen LogP contribution is -2.38. The van der Waals surface area contributed by atoms with Crippen molar-refractivity contribution in [2.24, 2.45) is 0 Å². The van der Waals surface area contributed by atoms with Gasteiger partial charge in [0.15, 0.2) is 0 Å². The number of nitrogens with one attached hydrogen (secondary N) is 2. The Labute approximate surface area is 175 Å². The maximum atomic E-state index is 12.6. The second-order valence-corrected chi connectivity index (χ2v) is 7.20. The molecule has 1 atom stereocenters. The molecule has 3 rings (SSSR count). The lowest BCUT2D eigenvalue weighted by atomic mass is 10.2. The number of carbonyl (C=O) groups is 3. The van der Waals surface area contributed by atoms with Crippen LogP contribution in [0.2, 0.25) is 0 Å². The van der Waals surface area contributed by atoms with Crippen LogP contribution in [-0.2, 0) is 9.59 Å². The third-order valence-electron chi connectivity index (χ3n) is 4.70. The largest absolute Gasteiger partial charge is 0.491 e. The van der Waals surface area contributed by atoms with Gasteiger partial charge in [-0.3, -0.25) is 9.59 Å². The standard InChI is InChI=1S/C23H25N3O4/c1-4-16(3)30-19-11-7-17(8-12-19)13-20-22(28)26(23(29)25-20)14-21(27)24-18-9-5-15(2)6-10-18/h5-13,16H,4,14H2,1-3H3,(H,24,27)(H,25,29). The second-order valence-electron chi connectivity index (χ2n) is 7.20. The van der Waals surface area contributed by atoms with Crippen molar-refractivity contribution in [1.29, 1.82) is 0 Å². The van der Waals surface area contributed by atoms with Gasteiger partial charge in [-0.15, -0.1) is 0 Å². The molecule has 0 saturated carbocycles. The normalized spacial score (nSPS) is 15.8. The van der Waals surface area contributed by atoms with Crippen molar-refractivity contribution in [2.75, 3.05) is 11.9 Å². The Balaban J connectivity index is 1.63. The van der Waals surface area contributed by atoms with Crippen LogP contribution in [0.25, 0.3) is 6.08 Å². The number of anilines is 1. The number of aryl methyl sites for hydroxylation is 1. The van der Waals surface area contributed by atoms with Crippen molar-refractivity contribution in [3.8, 4) is 5.75 Å². The number of imide groups is 1. The molecule has 0 bridgehead atoms. The fraction of sp³-hybridized carbons (Fsp3) is 0.261. The highest BCUT2D eigenvalue weighted by molar-refractivity contribution is 6.15. The number of ether oxygens (including phenoxy) is 1. The van der Waals surface area contributed by atoms with E-state index in [2.05, 4.69) is 10.6 Å². The molecule has 156 valence electrons. The van der Waals surface area contributed by atoms with Crippen LogP contribution in [-0.4, -0.2) is 35.4 Å². The quantitative estimate of drug-likeness (QED) is 0.541. The van der Waals surface area contributed by atoms with E-state index in [1.165, 1.54) is 0 Å². The predicted octanol–water partition coefficient (Wildman–Crippen LogP) is 3.70. The van der Waals surface area contributed by atoms with E-state index in [1.54, 1.807) is 30.3 Å². The van der Waals surface area contributed by atoms with Crippen LogP contribution >= 0.6 is 0 Å². The van der Waals surface area contributed by atoms with Gasteiger partial charge in [0.2, 0.25) is 5.91 Å². The SMILES string of the molecule is CCC(C)Oc1ccc(C=C2NC(=O)N(CC(=O)Nc3ccc(C)cc3)C2=O)cc1. The average molecular weight is 407 g/mol. The zero-order valence-corrected chi connectivity index (χ0v) is 17.3. The van der Waals surface area contributed by atoms with Gasteiger partial charge in [0.25, 0.3) is 5.91 Å². The molecule has 30 heavy (non-hydrogen) atoms. The summed E-state index contributed by atoms with van der Waals surface area (Å²) < 4.78 is 5.73. The first-order chi connectivity index (χ1) is 14.4. The average Bonchev–Trinajstić information content (AvgIpc) is 2.98. The van der Waals surface area contributed by atoms with E-state index in [0.29, 0.717) is 5.69 Å². The summed E-state index contributed by atoms with van der Waals surface area (Å²) in [6.07, 6.45) is 2.59. The number of hydrogen-bond acceptors (Lipinski definition) is 4. The van der Waals surface area contributed by atoms with Crippen molar-refractivity contribution in [3.05, 3.63) is 65.4 Å². The summed E-state index contributed by atoms with van der Waals surface area (Å²) in [5.41, 5.74) is 2.53. The molecule has 2 N–H and O–H groups in total. The van der Waals surface area contributed by atoms with E-state index in [0.717, 1.165) is 28.2 Å². The van der Waals surface area contributed by atoms with Crippen LogP contribution in [0.3, 0.4) is 0 Å². The lowest BCUT2D eigenvalue weighted by Gasteiger charge is -2.12. The molecule has 2 aromatic carbocycles. The van der Waals surface area contributed by atoms with Gasteiger partial charge in [-0.25, -0.2) is 9.69 Å². The Kier molecular flexibility index (Phi) is 6.51. The summed E-state index contributed by atoms with van der Waals surface area (Å²) in [5, 5.41) is 5.20. The van der Waals surface area contributed by atoms with Crippen LogP contribution in [0.5, 0.6) is 5.75 Å². The number of rotatable bonds is 7. The van der Waals surface area contributed by atoms with Gasteiger partial charge >= 0.3 is 6.03 Å². The predicted molar refractivity (Wildman–Crippen MR) is 115 cm³/mol. The van der Waals surface area contributed by atoms with E-state index in [1.807, 2.05) is 45.0 Å². The number of benzene rings is 2. The minimum Gasteiger partial charge on any atom is -0.491 e. The summed E-state index contributed by atoms with van der Waals surface area (Å²) >= 11 is 0. The van der Waals surface area contributed by atoms with Crippen molar-refractivity contribution in [3.63, 3.8) is 0 Å². The first kappa shape index (κ1) is 21.1. The highest BCUT2D eigenvalue weighted by atomic mass is 16.5. The minimum absolute atomic E-state index is 0.115. The van der Waals surface area contributed by atoms with E-state index in [4.69, 9.17) is 4.74 Å². The van der Waals surface area contributed by atoms with Crippen LogP contribution in [0.1, 0.15) is 31.4 Å². The lowest BCUT2D eigenvalue weighted by molar-refractivity contribution is -0.127. The first-order valence-corrected chi connectivity index (χ1v) is 9.83. The molecule has 1 fully saturated rings. The van der Waals surface area contributed by atoms with Gasteiger partial charge in [0.05, 0.1) is 6.10 Å². The van der Waals surface area contributed by atoms with Gasteiger partial charge in [-0.1, -0.05) is 36.8 Å². The third kappa shape index (κ3) is 5.26. The molecule has 7 nitrogen and oxygen atoms in total. The van der Waals surface area contributed by atoms with Gasteiger partial charge in [0, 0.05) is 5.69 Å². The zero-order chi connectivity index (χ0) is 21.7. The molecule has 1 aliphatic rings. The number of nitrogens with zero attached hydrogens (tertiary/aromatic N) is 1. The van der Waals surface area contributed by atoms with Crippen molar-refractivity contribution < 1.29 is 19.1 Å². The summed E-state index contributed by atoms with van der Waals surface area (Å²) in [5.74, 6) is -0.253. The number of hydrogen-bond donors (Lipinski definition) is 2. The van der Waals surface area contributed by atoms with Crippen LogP contribution in [0.15, 0.2) is 54.2 Å². The summed E-state index contributed by atoms with van der Waals surface area (Å²) in [7, 11) is 0. The smallest absolute Gasteiger partial charge is 0.329 e. The molecule has 4 amide bonds. The zero-order valence-electron chi connectivity index (χ0n) is 17.3. The van der Waals surface area contributed by atoms with E-state index in [-0.39, 0.29) is 18.3 Å². The molecule has 0 aliphatic carbocycles. The Bertz CT molecular complexity index is 965. The summed E-state index contributed by atoms with van der Waals surface area (Å²) in [6, 6.07) is 13.9. The van der Waals surface area contributed by atoms with Crippen LogP contribution in [0, 0.1) is 6.92 Å². The van der Waals surface area contributed by atoms with E-state index in [9.17, 15) is 14.4 Å². The van der Waals surface area contributed by atoms with Gasteiger partial charge in [-0.2, -0.15) is 0 Å². The van der Waals surface area contributed by atoms with Gasteiger partial charge in [0.1, 0.15) is 18.0 Å². The highest BCUT2D eigenvalue weighted by Gasteiger charge is 2.34. The molecule has 1 aliphatic heterocycles. The Morgan fingerprint density at radius 1 is 1.13 bits per heavy atom. The Hall–Kier alpha value is -3.61. The molecule has 1 heterocycles. The first-order valence-electron chi connectivity index (χ1n) is 9.83. The Morgan fingerprint density at radius 2 is 1.80 bits per heavy atom. The third-order valence-corrected chi connectivity index (χ3v) is 4.70. The molecule has 1 unspecified atom stereocenters. The second kappa shape index (κ2) is 9.26. The van der Waals surface area contributed by atoms with Crippen LogP contribution < -0.4 is 15.4 Å². The highest BCUT2D eigenvalue weighted by Crippen LogP contribution is 2.19. The fourth-order valence-electron chi connectivity index (χ4n) is 2.82. The van der Waals surface area contributed by atoms with Gasteiger partial charge < -0.3 is 15.4 Å². The molecular weight excluding hydrogens is 382 g/mol. The molecule has 1 saturated heterocycles. The van der Waals surface area contributed by atoms with Crippen molar-refractivity contribution >= 4 is 29.6 Å². The fourth-order valence-corrected chi connectivity index (χ4v) is 2.82. The summed E-state index contributed by atoms with van der Waals surface area (Å²) in [6.45, 7) is 5.62. The number of carbonyl (C=O) groups excluding carboxylic acids is 3. The van der Waals surface area contributed by atoms with Crippen LogP contribution in [0.4, 0.5) is 10.5 Å². The number of urea groups is 1. The molecular formula is C23H25N3O4. The molecule has 0 radical (unpaired) electrons. The molecule has 2 aromatic rings. The topological polar surface area (TPSA) is 87.7 Å². The molecule has 0 aromatic heterocycles. The minimum atomic E-state index is -0.623.